The third kappa shape index (κ3) is 3.81. The SMILES string of the molecule is COc1cc(CN=C=O)ccc1OC1CCOCC1. The van der Waals surface area contributed by atoms with Gasteiger partial charge in [-0.05, 0) is 17.7 Å². The van der Waals surface area contributed by atoms with Crippen LogP contribution in [0.4, 0.5) is 0 Å². The Kier molecular flexibility index (Phi) is 4.95. The van der Waals surface area contributed by atoms with E-state index < -0.39 is 0 Å². The number of hydrogen-bond acceptors (Lipinski definition) is 5. The predicted molar refractivity (Wildman–Crippen MR) is 69.3 cm³/mol. The number of nitrogens with zero attached hydrogens (tertiary/aromatic N) is 1. The highest BCUT2D eigenvalue weighted by Gasteiger charge is 2.17. The third-order valence-electron chi connectivity index (χ3n) is 3.02. The molecule has 1 aromatic rings. The Balaban J connectivity index is 2.08. The van der Waals surface area contributed by atoms with Crippen molar-refractivity contribution in [3.8, 4) is 11.5 Å². The summed E-state index contributed by atoms with van der Waals surface area (Å²) >= 11 is 0. The zero-order chi connectivity index (χ0) is 13.5. The van der Waals surface area contributed by atoms with Crippen LogP contribution in [0, 0.1) is 0 Å². The number of methoxy groups -OCH3 is 1. The first kappa shape index (κ1) is 13.6. The molecule has 1 aliphatic rings. The first-order chi connectivity index (χ1) is 9.33. The summed E-state index contributed by atoms with van der Waals surface area (Å²) in [7, 11) is 1.60. The lowest BCUT2D eigenvalue weighted by atomic mass is 10.1. The van der Waals surface area contributed by atoms with Crippen LogP contribution in [0.1, 0.15) is 18.4 Å². The third-order valence-corrected chi connectivity index (χ3v) is 3.02. The largest absolute Gasteiger partial charge is 0.493 e. The minimum atomic E-state index is 0.168. The highest BCUT2D eigenvalue weighted by atomic mass is 16.5. The van der Waals surface area contributed by atoms with Gasteiger partial charge in [-0.3, -0.25) is 0 Å². The number of carbonyl (C=O) groups excluding carboxylic acids is 1. The molecule has 1 fully saturated rings. The molecule has 2 rings (SSSR count). The Hall–Kier alpha value is -1.84. The zero-order valence-electron chi connectivity index (χ0n) is 10.9. The molecule has 0 saturated carbocycles. The van der Waals surface area contributed by atoms with Crippen LogP contribution in [0.2, 0.25) is 0 Å². The molecule has 5 nitrogen and oxygen atoms in total. The summed E-state index contributed by atoms with van der Waals surface area (Å²) in [5, 5.41) is 0. The van der Waals surface area contributed by atoms with Crippen LogP contribution in [0.25, 0.3) is 0 Å². The maximum Gasteiger partial charge on any atom is 0.235 e. The Morgan fingerprint density at radius 3 is 2.84 bits per heavy atom. The molecule has 0 atom stereocenters. The van der Waals surface area contributed by atoms with E-state index in [0.29, 0.717) is 18.0 Å². The quantitative estimate of drug-likeness (QED) is 0.603. The molecule has 0 bridgehead atoms. The van der Waals surface area contributed by atoms with E-state index >= 15 is 0 Å². The fourth-order valence-electron chi connectivity index (χ4n) is 2.00. The van der Waals surface area contributed by atoms with Crippen molar-refractivity contribution < 1.29 is 19.0 Å². The van der Waals surface area contributed by atoms with Crippen LogP contribution in [-0.2, 0) is 16.1 Å². The number of rotatable bonds is 5. The average Bonchev–Trinajstić information content (AvgIpc) is 2.47. The zero-order valence-corrected chi connectivity index (χ0v) is 10.9. The molecule has 1 heterocycles. The van der Waals surface area contributed by atoms with E-state index in [-0.39, 0.29) is 6.10 Å². The summed E-state index contributed by atoms with van der Waals surface area (Å²) in [6.45, 7) is 1.77. The molecule has 19 heavy (non-hydrogen) atoms. The van der Waals surface area contributed by atoms with E-state index in [2.05, 4.69) is 4.99 Å². The molecule has 1 saturated heterocycles. The van der Waals surface area contributed by atoms with E-state index in [1.807, 2.05) is 18.2 Å². The molecule has 102 valence electrons. The lowest BCUT2D eigenvalue weighted by Crippen LogP contribution is -2.26. The van der Waals surface area contributed by atoms with E-state index in [0.717, 1.165) is 31.6 Å². The summed E-state index contributed by atoms with van der Waals surface area (Å²) in [6.07, 6.45) is 3.47. The van der Waals surface area contributed by atoms with Gasteiger partial charge in [-0.2, -0.15) is 0 Å². The number of aliphatic imine (C=N–C) groups is 1. The van der Waals surface area contributed by atoms with Gasteiger partial charge in [-0.15, -0.1) is 0 Å². The number of ether oxygens (including phenoxy) is 3. The van der Waals surface area contributed by atoms with Crippen molar-refractivity contribution in [2.24, 2.45) is 4.99 Å². The van der Waals surface area contributed by atoms with Crippen molar-refractivity contribution in [3.63, 3.8) is 0 Å². The van der Waals surface area contributed by atoms with Crippen LogP contribution >= 0.6 is 0 Å². The molecule has 0 N–H and O–H groups in total. The number of benzene rings is 1. The topological polar surface area (TPSA) is 57.1 Å². The van der Waals surface area contributed by atoms with E-state index in [1.54, 1.807) is 7.11 Å². The molecule has 0 aromatic heterocycles. The van der Waals surface area contributed by atoms with Gasteiger partial charge in [0.1, 0.15) is 6.10 Å². The minimum absolute atomic E-state index is 0.168. The smallest absolute Gasteiger partial charge is 0.235 e. The van der Waals surface area contributed by atoms with Crippen LogP contribution in [0.5, 0.6) is 11.5 Å². The van der Waals surface area contributed by atoms with Gasteiger partial charge in [-0.1, -0.05) is 6.07 Å². The molecule has 0 aliphatic carbocycles. The molecule has 1 aromatic carbocycles. The summed E-state index contributed by atoms with van der Waals surface area (Å²) in [5.41, 5.74) is 0.888. The normalized spacial score (nSPS) is 15.6. The predicted octanol–water partition coefficient (Wildman–Crippen LogP) is 2.09. The molecule has 0 radical (unpaired) electrons. The number of isocyanates is 1. The summed E-state index contributed by atoms with van der Waals surface area (Å²) in [4.78, 5) is 13.6. The van der Waals surface area contributed by atoms with Crippen molar-refractivity contribution >= 4 is 6.08 Å². The molecule has 0 unspecified atom stereocenters. The van der Waals surface area contributed by atoms with Gasteiger partial charge in [0, 0.05) is 12.8 Å². The monoisotopic (exact) mass is 263 g/mol. The second-order valence-electron chi connectivity index (χ2n) is 4.32. The van der Waals surface area contributed by atoms with Crippen molar-refractivity contribution in [3.05, 3.63) is 23.8 Å². The van der Waals surface area contributed by atoms with Gasteiger partial charge in [0.25, 0.3) is 0 Å². The van der Waals surface area contributed by atoms with Crippen molar-refractivity contribution in [1.82, 2.24) is 0 Å². The Morgan fingerprint density at radius 1 is 1.37 bits per heavy atom. The van der Waals surface area contributed by atoms with Gasteiger partial charge >= 0.3 is 0 Å². The molecular formula is C14H17NO4. The van der Waals surface area contributed by atoms with Crippen molar-refractivity contribution in [1.29, 1.82) is 0 Å². The van der Waals surface area contributed by atoms with E-state index in [4.69, 9.17) is 14.2 Å². The van der Waals surface area contributed by atoms with Crippen molar-refractivity contribution in [2.45, 2.75) is 25.5 Å². The molecule has 0 spiro atoms. The summed E-state index contributed by atoms with van der Waals surface area (Å²) in [6, 6.07) is 5.55. The standard InChI is InChI=1S/C14H17NO4/c1-17-14-8-11(9-15-10-16)2-3-13(14)19-12-4-6-18-7-5-12/h2-3,8,12H,4-7,9H2,1H3. The first-order valence-corrected chi connectivity index (χ1v) is 6.28. The number of hydrogen-bond donors (Lipinski definition) is 0. The Morgan fingerprint density at radius 2 is 2.16 bits per heavy atom. The summed E-state index contributed by atoms with van der Waals surface area (Å²) in [5.74, 6) is 1.37. The Bertz CT molecular complexity index is 463. The maximum absolute atomic E-state index is 10.1. The van der Waals surface area contributed by atoms with E-state index in [9.17, 15) is 4.79 Å². The van der Waals surface area contributed by atoms with Crippen LogP contribution < -0.4 is 9.47 Å². The highest BCUT2D eigenvalue weighted by molar-refractivity contribution is 5.43. The minimum Gasteiger partial charge on any atom is -0.493 e. The maximum atomic E-state index is 10.1. The van der Waals surface area contributed by atoms with Gasteiger partial charge in [0.15, 0.2) is 11.5 Å². The first-order valence-electron chi connectivity index (χ1n) is 6.28. The van der Waals surface area contributed by atoms with Crippen LogP contribution in [0.3, 0.4) is 0 Å². The lowest BCUT2D eigenvalue weighted by molar-refractivity contribution is 0.0245. The fraction of sp³-hybridized carbons (Fsp3) is 0.500. The second kappa shape index (κ2) is 6.92. The molecule has 1 aliphatic heterocycles. The average molecular weight is 263 g/mol. The fourth-order valence-corrected chi connectivity index (χ4v) is 2.00. The van der Waals surface area contributed by atoms with Gasteiger partial charge in [0.2, 0.25) is 6.08 Å². The summed E-state index contributed by atoms with van der Waals surface area (Å²) < 4.78 is 16.5. The molecule has 0 amide bonds. The van der Waals surface area contributed by atoms with Gasteiger partial charge in [0.05, 0.1) is 26.9 Å². The molecule has 5 heteroatoms. The van der Waals surface area contributed by atoms with E-state index in [1.165, 1.54) is 6.08 Å². The lowest BCUT2D eigenvalue weighted by Gasteiger charge is -2.24. The van der Waals surface area contributed by atoms with Gasteiger partial charge in [-0.25, -0.2) is 9.79 Å². The van der Waals surface area contributed by atoms with Gasteiger partial charge < -0.3 is 14.2 Å². The van der Waals surface area contributed by atoms with Crippen molar-refractivity contribution in [2.75, 3.05) is 20.3 Å². The second-order valence-corrected chi connectivity index (χ2v) is 4.32. The van der Waals surface area contributed by atoms with Crippen LogP contribution in [0.15, 0.2) is 23.2 Å². The highest BCUT2D eigenvalue weighted by Crippen LogP contribution is 2.30. The Labute approximate surface area is 112 Å². The molecular weight excluding hydrogens is 246 g/mol. The van der Waals surface area contributed by atoms with Crippen LogP contribution in [-0.4, -0.2) is 32.5 Å².